The molecule has 0 spiro atoms. The maximum absolute atomic E-state index is 6.50. The molecule has 0 saturated heterocycles. The minimum Gasteiger partial charge on any atom is -0.493 e. The summed E-state index contributed by atoms with van der Waals surface area (Å²) in [4.78, 5) is 0. The Morgan fingerprint density at radius 1 is 0.571 bits per heavy atom. The zero-order chi connectivity index (χ0) is 30.9. The van der Waals surface area contributed by atoms with Crippen LogP contribution in [0.3, 0.4) is 0 Å². The van der Waals surface area contributed by atoms with E-state index in [2.05, 4.69) is 142 Å². The van der Waals surface area contributed by atoms with Gasteiger partial charge in [-0.2, -0.15) is 0 Å². The maximum atomic E-state index is 6.50. The smallest absolute Gasteiger partial charge is 0.127 e. The van der Waals surface area contributed by atoms with Crippen LogP contribution in [-0.4, -0.2) is 13.2 Å². The second-order valence-electron chi connectivity index (χ2n) is 13.2. The highest BCUT2D eigenvalue weighted by atomic mass is 16.5. The Bertz CT molecular complexity index is 1350. The molecule has 0 aliphatic carbocycles. The number of ether oxygens (including phenoxy) is 2. The lowest BCUT2D eigenvalue weighted by Crippen LogP contribution is -2.17. The van der Waals surface area contributed by atoms with E-state index in [-0.39, 0.29) is 10.8 Å². The van der Waals surface area contributed by atoms with E-state index >= 15 is 0 Å². The first-order valence-electron chi connectivity index (χ1n) is 15.8. The van der Waals surface area contributed by atoms with Gasteiger partial charge in [-0.05, 0) is 63.8 Å². The van der Waals surface area contributed by atoms with E-state index < -0.39 is 0 Å². The number of unbranched alkanes of at least 4 members (excludes halogenated alkanes) is 2. The van der Waals surface area contributed by atoms with Gasteiger partial charge in [0, 0.05) is 22.0 Å². The monoisotopic (exact) mass is 566 g/mol. The van der Waals surface area contributed by atoms with Crippen molar-refractivity contribution in [3.05, 3.63) is 105 Å². The van der Waals surface area contributed by atoms with Crippen molar-refractivity contribution in [2.75, 3.05) is 13.2 Å². The second-order valence-corrected chi connectivity index (χ2v) is 13.2. The third-order valence-electron chi connectivity index (χ3n) is 7.90. The van der Waals surface area contributed by atoms with Gasteiger partial charge in [0.2, 0.25) is 0 Å². The lowest BCUT2D eigenvalue weighted by atomic mass is 9.81. The van der Waals surface area contributed by atoms with Crippen LogP contribution >= 0.6 is 0 Å². The Morgan fingerprint density at radius 3 is 1.62 bits per heavy atom. The van der Waals surface area contributed by atoms with Crippen molar-refractivity contribution >= 4 is 12.2 Å². The average molecular weight is 567 g/mol. The Balaban J connectivity index is 2.09. The van der Waals surface area contributed by atoms with Crippen molar-refractivity contribution in [1.82, 2.24) is 0 Å². The molecule has 0 unspecified atom stereocenters. The summed E-state index contributed by atoms with van der Waals surface area (Å²) in [5, 5.41) is 0. The molecule has 0 bridgehead atoms. The van der Waals surface area contributed by atoms with E-state index in [0.29, 0.717) is 13.2 Å². The molecular formula is C40H54O2. The third-order valence-corrected chi connectivity index (χ3v) is 7.90. The van der Waals surface area contributed by atoms with Gasteiger partial charge in [0.15, 0.2) is 0 Å². The van der Waals surface area contributed by atoms with Crippen LogP contribution in [0.4, 0.5) is 0 Å². The zero-order valence-electron chi connectivity index (χ0n) is 28.0. The highest BCUT2D eigenvalue weighted by Gasteiger charge is 2.25. The number of allylic oxidation sites excluding steroid dienone is 2. The van der Waals surface area contributed by atoms with Gasteiger partial charge in [0.25, 0.3) is 0 Å². The van der Waals surface area contributed by atoms with Crippen LogP contribution in [0, 0.1) is 27.7 Å². The van der Waals surface area contributed by atoms with Gasteiger partial charge in [-0.15, -0.1) is 0 Å². The normalized spacial score (nSPS) is 12.4. The summed E-state index contributed by atoms with van der Waals surface area (Å²) in [7, 11) is 0. The highest BCUT2D eigenvalue weighted by Crippen LogP contribution is 2.40. The second kappa shape index (κ2) is 14.8. The predicted octanol–water partition coefficient (Wildman–Crippen LogP) is 11.3. The molecule has 0 fully saturated rings. The van der Waals surface area contributed by atoms with Gasteiger partial charge in [0.05, 0.1) is 13.2 Å². The lowest BCUT2D eigenvalue weighted by Gasteiger charge is -2.27. The van der Waals surface area contributed by atoms with Gasteiger partial charge in [-0.1, -0.05) is 137 Å². The fourth-order valence-corrected chi connectivity index (χ4v) is 5.35. The predicted molar refractivity (Wildman–Crippen MR) is 183 cm³/mol. The molecule has 0 heterocycles. The average Bonchev–Trinajstić information content (AvgIpc) is 2.90. The molecule has 0 N–H and O–H groups in total. The largest absolute Gasteiger partial charge is 0.493 e. The van der Waals surface area contributed by atoms with Crippen LogP contribution in [0.5, 0.6) is 11.5 Å². The van der Waals surface area contributed by atoms with Crippen LogP contribution in [-0.2, 0) is 10.8 Å². The number of hydrogen-bond donors (Lipinski definition) is 0. The first kappa shape index (κ1) is 33.2. The minimum absolute atomic E-state index is 0.132. The van der Waals surface area contributed by atoms with E-state index in [9.17, 15) is 0 Å². The molecule has 3 aromatic rings. The lowest BCUT2D eigenvalue weighted by molar-refractivity contribution is 0.295. The van der Waals surface area contributed by atoms with Gasteiger partial charge in [0.1, 0.15) is 11.5 Å². The summed E-state index contributed by atoms with van der Waals surface area (Å²) >= 11 is 0. The minimum atomic E-state index is -0.261. The molecule has 3 aromatic carbocycles. The van der Waals surface area contributed by atoms with Crippen LogP contribution in [0.25, 0.3) is 12.2 Å². The zero-order valence-corrected chi connectivity index (χ0v) is 28.0. The standard InChI is InChI=1S/C40H54O2/c1-11-13-19-41-37-28-36(40(9,10)17-15-33-23-29(3)21-30(4)24-33)38(42-20-14-12-2)27-34(37)16-18-39(7,8)35-25-31(5)22-32(6)26-35/h15-18,21-28H,11-14,19-20H2,1-10H3/b17-15+,18-16+. The SMILES string of the molecule is CCCCOc1cc(C(C)(C)/C=C/c2cc(C)cc(C)c2)c(OCCCC)cc1/C=C/C(C)(C)c1cc(C)cc(C)c1. The van der Waals surface area contributed by atoms with Crippen molar-refractivity contribution in [3.63, 3.8) is 0 Å². The Hall–Kier alpha value is -3.26. The van der Waals surface area contributed by atoms with Crippen LogP contribution in [0.1, 0.15) is 112 Å². The van der Waals surface area contributed by atoms with Gasteiger partial charge >= 0.3 is 0 Å². The van der Waals surface area contributed by atoms with Crippen molar-refractivity contribution in [3.8, 4) is 11.5 Å². The molecule has 42 heavy (non-hydrogen) atoms. The van der Waals surface area contributed by atoms with Gasteiger partial charge in [-0.3, -0.25) is 0 Å². The topological polar surface area (TPSA) is 18.5 Å². The summed E-state index contributed by atoms with van der Waals surface area (Å²) in [5.74, 6) is 1.85. The van der Waals surface area contributed by atoms with Crippen molar-refractivity contribution in [1.29, 1.82) is 0 Å². The molecule has 0 atom stereocenters. The Labute approximate surface area is 256 Å². The van der Waals surface area contributed by atoms with Crippen LogP contribution < -0.4 is 9.47 Å². The molecule has 0 saturated carbocycles. The summed E-state index contributed by atoms with van der Waals surface area (Å²) in [6.07, 6.45) is 13.3. The molecule has 2 nitrogen and oxygen atoms in total. The van der Waals surface area contributed by atoms with Crippen molar-refractivity contribution < 1.29 is 9.47 Å². The molecule has 0 aliphatic rings. The highest BCUT2D eigenvalue weighted by molar-refractivity contribution is 5.65. The molecule has 226 valence electrons. The van der Waals surface area contributed by atoms with Crippen molar-refractivity contribution in [2.45, 2.75) is 106 Å². The van der Waals surface area contributed by atoms with E-state index in [4.69, 9.17) is 9.47 Å². The molecular weight excluding hydrogens is 512 g/mol. The summed E-state index contributed by atoms with van der Waals surface area (Å²) in [6.45, 7) is 23.6. The number of rotatable bonds is 14. The molecule has 2 heteroatoms. The molecule has 0 aliphatic heterocycles. The molecule has 0 amide bonds. The maximum Gasteiger partial charge on any atom is 0.127 e. The first-order valence-corrected chi connectivity index (χ1v) is 15.8. The number of benzene rings is 3. The van der Waals surface area contributed by atoms with E-state index in [0.717, 1.165) is 48.3 Å². The van der Waals surface area contributed by atoms with Gasteiger partial charge < -0.3 is 9.47 Å². The summed E-state index contributed by atoms with van der Waals surface area (Å²) in [6, 6.07) is 17.9. The van der Waals surface area contributed by atoms with E-state index in [1.807, 2.05) is 0 Å². The molecule has 0 aromatic heterocycles. The van der Waals surface area contributed by atoms with Crippen molar-refractivity contribution in [2.24, 2.45) is 0 Å². The summed E-state index contributed by atoms with van der Waals surface area (Å²) < 4.78 is 13.0. The Morgan fingerprint density at radius 2 is 1.07 bits per heavy atom. The molecule has 0 radical (unpaired) electrons. The summed E-state index contributed by atoms with van der Waals surface area (Å²) in [5.41, 5.74) is 9.51. The van der Waals surface area contributed by atoms with E-state index in [1.165, 1.54) is 33.4 Å². The quantitative estimate of drug-likeness (QED) is 0.181. The first-order chi connectivity index (χ1) is 19.8. The fourth-order valence-electron chi connectivity index (χ4n) is 5.35. The number of hydrogen-bond acceptors (Lipinski definition) is 2. The third kappa shape index (κ3) is 9.38. The molecule has 3 rings (SSSR count). The Kier molecular flexibility index (Phi) is 11.7. The number of aryl methyl sites for hydroxylation is 4. The van der Waals surface area contributed by atoms with Crippen LogP contribution in [0.2, 0.25) is 0 Å². The van der Waals surface area contributed by atoms with Crippen LogP contribution in [0.15, 0.2) is 60.7 Å². The van der Waals surface area contributed by atoms with Gasteiger partial charge in [-0.25, -0.2) is 0 Å². The van der Waals surface area contributed by atoms with E-state index in [1.54, 1.807) is 0 Å². The fraction of sp³-hybridized carbons (Fsp3) is 0.450.